The number of nitrogens with zero attached hydrogens (tertiary/aromatic N) is 3. The standard InChI is InChI=1S/C22H17N3O2S/c1-16-8-5-14-20(23-16)24-22-25(17-9-3-2-4-10-17)21(26)19(28-22)13-6-11-18-12-7-15-27-18/h2-15H,1H3/b11-6+,19-13+,24-22+. The fraction of sp³-hybridized carbons (Fsp3) is 0.0455. The second-order valence-corrected chi connectivity index (χ2v) is 7.02. The van der Waals surface area contributed by atoms with Crippen molar-refractivity contribution in [3.8, 4) is 0 Å². The molecule has 1 aliphatic heterocycles. The zero-order valence-electron chi connectivity index (χ0n) is 15.1. The van der Waals surface area contributed by atoms with E-state index in [-0.39, 0.29) is 5.91 Å². The van der Waals surface area contributed by atoms with Crippen LogP contribution >= 0.6 is 11.8 Å². The van der Waals surface area contributed by atoms with E-state index in [2.05, 4.69) is 9.98 Å². The lowest BCUT2D eigenvalue weighted by molar-refractivity contribution is -0.113. The number of aryl methyl sites for hydroxylation is 1. The van der Waals surface area contributed by atoms with E-state index in [9.17, 15) is 4.79 Å². The Morgan fingerprint density at radius 3 is 2.68 bits per heavy atom. The topological polar surface area (TPSA) is 58.7 Å². The number of thioether (sulfide) groups is 1. The molecule has 5 nitrogen and oxygen atoms in total. The van der Waals surface area contributed by atoms with E-state index >= 15 is 0 Å². The molecule has 1 amide bonds. The summed E-state index contributed by atoms with van der Waals surface area (Å²) in [7, 11) is 0. The van der Waals surface area contributed by atoms with Crippen molar-refractivity contribution in [3.05, 3.63) is 95.4 Å². The SMILES string of the molecule is Cc1cccc(/N=C2/S/C(=C/C=C/c3ccco3)C(=O)N2c2ccccc2)n1. The van der Waals surface area contributed by atoms with Gasteiger partial charge in [-0.05, 0) is 67.2 Å². The first-order chi connectivity index (χ1) is 13.7. The van der Waals surface area contributed by atoms with Crippen molar-refractivity contribution < 1.29 is 9.21 Å². The van der Waals surface area contributed by atoms with Crippen molar-refractivity contribution >= 4 is 40.4 Å². The van der Waals surface area contributed by atoms with Crippen LogP contribution in [0.25, 0.3) is 6.08 Å². The van der Waals surface area contributed by atoms with Crippen molar-refractivity contribution in [3.63, 3.8) is 0 Å². The number of pyridine rings is 1. The van der Waals surface area contributed by atoms with Crippen LogP contribution in [0.1, 0.15) is 11.5 Å². The number of aliphatic imine (C=N–C) groups is 1. The van der Waals surface area contributed by atoms with Crippen LogP contribution in [0.15, 0.2) is 93.4 Å². The van der Waals surface area contributed by atoms with Gasteiger partial charge in [0.1, 0.15) is 5.76 Å². The van der Waals surface area contributed by atoms with Crippen molar-refractivity contribution in [2.45, 2.75) is 6.92 Å². The van der Waals surface area contributed by atoms with Crippen LogP contribution in [-0.2, 0) is 4.79 Å². The minimum Gasteiger partial charge on any atom is -0.465 e. The van der Waals surface area contributed by atoms with Gasteiger partial charge in [-0.1, -0.05) is 30.3 Å². The van der Waals surface area contributed by atoms with Crippen molar-refractivity contribution in [2.24, 2.45) is 4.99 Å². The number of furan rings is 1. The number of anilines is 1. The lowest BCUT2D eigenvalue weighted by Crippen LogP contribution is -2.28. The highest BCUT2D eigenvalue weighted by molar-refractivity contribution is 8.19. The van der Waals surface area contributed by atoms with Gasteiger partial charge in [-0.15, -0.1) is 0 Å². The lowest BCUT2D eigenvalue weighted by Gasteiger charge is -2.15. The van der Waals surface area contributed by atoms with Gasteiger partial charge in [-0.3, -0.25) is 9.69 Å². The summed E-state index contributed by atoms with van der Waals surface area (Å²) >= 11 is 1.33. The number of allylic oxidation sites excluding steroid dienone is 2. The molecule has 1 saturated heterocycles. The van der Waals surface area contributed by atoms with E-state index in [0.29, 0.717) is 15.9 Å². The van der Waals surface area contributed by atoms with Gasteiger partial charge in [-0.25, -0.2) is 9.98 Å². The summed E-state index contributed by atoms with van der Waals surface area (Å²) in [5.74, 6) is 1.18. The Bertz CT molecular complexity index is 1070. The van der Waals surface area contributed by atoms with Gasteiger partial charge in [-0.2, -0.15) is 0 Å². The first kappa shape index (κ1) is 18.0. The Balaban J connectivity index is 1.69. The summed E-state index contributed by atoms with van der Waals surface area (Å²) in [5.41, 5.74) is 1.64. The van der Waals surface area contributed by atoms with E-state index in [1.54, 1.807) is 23.3 Å². The number of carbonyl (C=O) groups is 1. The number of carbonyl (C=O) groups excluding carboxylic acids is 1. The number of benzene rings is 1. The molecule has 138 valence electrons. The van der Waals surface area contributed by atoms with Crippen molar-refractivity contribution in [1.82, 2.24) is 4.98 Å². The number of hydrogen-bond donors (Lipinski definition) is 0. The summed E-state index contributed by atoms with van der Waals surface area (Å²) in [6.45, 7) is 1.91. The normalized spacial score (nSPS) is 17.3. The van der Waals surface area contributed by atoms with Gasteiger partial charge >= 0.3 is 0 Å². The highest BCUT2D eigenvalue weighted by Crippen LogP contribution is 2.36. The zero-order valence-corrected chi connectivity index (χ0v) is 16.0. The van der Waals surface area contributed by atoms with Crippen molar-refractivity contribution in [2.75, 3.05) is 4.90 Å². The summed E-state index contributed by atoms with van der Waals surface area (Å²) in [4.78, 5) is 24.3. The second-order valence-electron chi connectivity index (χ2n) is 6.02. The third-order valence-electron chi connectivity index (χ3n) is 3.96. The zero-order chi connectivity index (χ0) is 19.3. The highest BCUT2D eigenvalue weighted by atomic mass is 32.2. The molecule has 0 spiro atoms. The molecular formula is C22H17N3O2S. The first-order valence-electron chi connectivity index (χ1n) is 8.72. The first-order valence-corrected chi connectivity index (χ1v) is 9.54. The van der Waals surface area contributed by atoms with E-state index in [4.69, 9.17) is 4.42 Å². The maximum atomic E-state index is 13.0. The van der Waals surface area contributed by atoms with Crippen LogP contribution in [0.2, 0.25) is 0 Å². The van der Waals surface area contributed by atoms with Crippen molar-refractivity contribution in [1.29, 1.82) is 0 Å². The number of amides is 1. The minimum atomic E-state index is -0.119. The predicted octanol–water partition coefficient (Wildman–Crippen LogP) is 5.35. The van der Waals surface area contributed by atoms with E-state index in [0.717, 1.165) is 17.1 Å². The Kier molecular flexibility index (Phi) is 5.21. The molecule has 0 radical (unpaired) electrons. The molecule has 0 atom stereocenters. The van der Waals surface area contributed by atoms with Gasteiger partial charge < -0.3 is 4.42 Å². The number of amidine groups is 1. The number of hydrogen-bond acceptors (Lipinski definition) is 5. The molecule has 0 N–H and O–H groups in total. The Hall–Kier alpha value is -3.38. The summed E-state index contributed by atoms with van der Waals surface area (Å²) in [6, 6.07) is 18.8. The van der Waals surface area contributed by atoms with Gasteiger partial charge in [0.25, 0.3) is 5.91 Å². The molecule has 0 bridgehead atoms. The molecule has 0 aliphatic carbocycles. The minimum absolute atomic E-state index is 0.119. The monoisotopic (exact) mass is 387 g/mol. The maximum Gasteiger partial charge on any atom is 0.271 e. The molecule has 3 aromatic rings. The largest absolute Gasteiger partial charge is 0.465 e. The molecule has 1 aromatic carbocycles. The lowest BCUT2D eigenvalue weighted by atomic mass is 10.3. The highest BCUT2D eigenvalue weighted by Gasteiger charge is 2.34. The number of aromatic nitrogens is 1. The van der Waals surface area contributed by atoms with Gasteiger partial charge in [0.2, 0.25) is 0 Å². The van der Waals surface area contributed by atoms with Crippen LogP contribution < -0.4 is 4.90 Å². The predicted molar refractivity (Wildman–Crippen MR) is 113 cm³/mol. The number of rotatable bonds is 4. The fourth-order valence-corrected chi connectivity index (χ4v) is 3.61. The number of para-hydroxylation sites is 1. The third-order valence-corrected chi connectivity index (χ3v) is 4.94. The van der Waals surface area contributed by atoms with Crippen LogP contribution in [-0.4, -0.2) is 16.1 Å². The molecule has 0 saturated carbocycles. The molecule has 1 fully saturated rings. The van der Waals surface area contributed by atoms with Crippen LogP contribution in [0, 0.1) is 6.92 Å². The summed E-state index contributed by atoms with van der Waals surface area (Å²) in [5, 5.41) is 0.576. The third kappa shape index (κ3) is 3.97. The Morgan fingerprint density at radius 2 is 1.93 bits per heavy atom. The molecular weight excluding hydrogens is 370 g/mol. The average molecular weight is 387 g/mol. The van der Waals surface area contributed by atoms with E-state index < -0.39 is 0 Å². The Morgan fingerprint density at radius 1 is 1.07 bits per heavy atom. The van der Waals surface area contributed by atoms with Crippen LogP contribution in [0.4, 0.5) is 11.5 Å². The second kappa shape index (κ2) is 8.10. The van der Waals surface area contributed by atoms with Crippen LogP contribution in [0.3, 0.4) is 0 Å². The smallest absolute Gasteiger partial charge is 0.271 e. The molecule has 3 heterocycles. The summed E-state index contributed by atoms with van der Waals surface area (Å²) in [6.07, 6.45) is 7.00. The molecule has 6 heteroatoms. The van der Waals surface area contributed by atoms with E-state index in [1.165, 1.54) is 11.8 Å². The molecule has 1 aliphatic rings. The molecule has 2 aromatic heterocycles. The van der Waals surface area contributed by atoms with Gasteiger partial charge in [0, 0.05) is 5.69 Å². The molecule has 0 unspecified atom stereocenters. The van der Waals surface area contributed by atoms with Crippen LogP contribution in [0.5, 0.6) is 0 Å². The maximum absolute atomic E-state index is 13.0. The van der Waals surface area contributed by atoms with Gasteiger partial charge in [0.15, 0.2) is 11.0 Å². The van der Waals surface area contributed by atoms with Gasteiger partial charge in [0.05, 0.1) is 16.9 Å². The average Bonchev–Trinajstić information content (AvgIpc) is 3.31. The quantitative estimate of drug-likeness (QED) is 0.567. The molecule has 4 rings (SSSR count). The summed E-state index contributed by atoms with van der Waals surface area (Å²) < 4.78 is 5.28. The Labute approximate surface area is 167 Å². The fourth-order valence-electron chi connectivity index (χ4n) is 2.67. The van der Waals surface area contributed by atoms with E-state index in [1.807, 2.05) is 73.7 Å². The molecule has 28 heavy (non-hydrogen) atoms.